The van der Waals surface area contributed by atoms with Crippen molar-refractivity contribution in [2.24, 2.45) is 5.73 Å². The zero-order valence-corrected chi connectivity index (χ0v) is 14.1. The zero-order chi connectivity index (χ0) is 19.4. The van der Waals surface area contributed by atoms with Crippen LogP contribution in [0.2, 0.25) is 0 Å². The molecule has 0 radical (unpaired) electrons. The Labute approximate surface area is 153 Å². The van der Waals surface area contributed by atoms with Crippen LogP contribution in [0.15, 0.2) is 48.5 Å². The van der Waals surface area contributed by atoms with Gasteiger partial charge in [-0.3, -0.25) is 9.59 Å². The number of alkyl halides is 2. The number of anilines is 2. The molecule has 2 amide bonds. The lowest BCUT2D eigenvalue weighted by atomic mass is 10.1. The van der Waals surface area contributed by atoms with E-state index in [0.717, 1.165) is 0 Å². The molecule has 0 unspecified atom stereocenters. The third-order valence-corrected chi connectivity index (χ3v) is 3.88. The van der Waals surface area contributed by atoms with Gasteiger partial charge in [0, 0.05) is 5.69 Å². The molecule has 2 aromatic rings. The second-order valence-corrected chi connectivity index (χ2v) is 5.81. The Hall–Kier alpha value is -3.36. The van der Waals surface area contributed by atoms with Gasteiger partial charge in [0.25, 0.3) is 5.91 Å². The number of para-hydroxylation sites is 2. The molecule has 1 aliphatic heterocycles. The quantitative estimate of drug-likeness (QED) is 0.803. The summed E-state index contributed by atoms with van der Waals surface area (Å²) in [6, 6.07) is 12.6. The number of benzene rings is 2. The van der Waals surface area contributed by atoms with E-state index in [1.807, 2.05) is 0 Å². The van der Waals surface area contributed by atoms with Crippen molar-refractivity contribution in [3.8, 4) is 11.5 Å². The number of rotatable bonds is 6. The first-order valence-electron chi connectivity index (χ1n) is 8.07. The van der Waals surface area contributed by atoms with Crippen LogP contribution in [0.4, 0.5) is 20.2 Å². The first-order valence-corrected chi connectivity index (χ1v) is 8.07. The van der Waals surface area contributed by atoms with Crippen molar-refractivity contribution in [2.45, 2.75) is 12.7 Å². The van der Waals surface area contributed by atoms with Gasteiger partial charge in [0.1, 0.15) is 11.5 Å². The van der Waals surface area contributed by atoms with Gasteiger partial charge < -0.3 is 25.4 Å². The Morgan fingerprint density at radius 3 is 2.59 bits per heavy atom. The van der Waals surface area contributed by atoms with Gasteiger partial charge in [0.2, 0.25) is 5.91 Å². The van der Waals surface area contributed by atoms with Gasteiger partial charge in [-0.05, 0) is 36.4 Å². The molecule has 1 aliphatic rings. The predicted octanol–water partition coefficient (Wildman–Crippen LogP) is 1.98. The van der Waals surface area contributed by atoms with Crippen molar-refractivity contribution < 1.29 is 27.8 Å². The average Bonchev–Trinajstić information content (AvgIpc) is 2.62. The number of carbonyl (C=O) groups excluding carboxylic acids is 2. The van der Waals surface area contributed by atoms with Crippen LogP contribution in [0, 0.1) is 0 Å². The van der Waals surface area contributed by atoms with Crippen molar-refractivity contribution >= 4 is 23.2 Å². The second kappa shape index (κ2) is 7.90. The molecule has 9 heteroatoms. The minimum atomic E-state index is -2.91. The summed E-state index contributed by atoms with van der Waals surface area (Å²) >= 11 is 0. The van der Waals surface area contributed by atoms with Gasteiger partial charge in [-0.25, -0.2) is 0 Å². The van der Waals surface area contributed by atoms with Crippen molar-refractivity contribution in [1.29, 1.82) is 0 Å². The fourth-order valence-electron chi connectivity index (χ4n) is 2.70. The first-order chi connectivity index (χ1) is 12.9. The molecule has 0 aromatic heterocycles. The minimum Gasteiger partial charge on any atom is -0.477 e. The molecule has 0 saturated heterocycles. The van der Waals surface area contributed by atoms with E-state index in [0.29, 0.717) is 17.1 Å². The number of nitrogens with zero attached hydrogens (tertiary/aromatic N) is 1. The van der Waals surface area contributed by atoms with Gasteiger partial charge in [0.15, 0.2) is 6.10 Å². The summed E-state index contributed by atoms with van der Waals surface area (Å²) < 4.78 is 34.1. The summed E-state index contributed by atoms with van der Waals surface area (Å²) in [6.07, 6.45) is -0.863. The lowest BCUT2D eigenvalue weighted by molar-refractivity contribution is -0.125. The summed E-state index contributed by atoms with van der Waals surface area (Å²) in [6.45, 7) is -2.81. The predicted molar refractivity (Wildman–Crippen MR) is 94.0 cm³/mol. The maximum atomic E-state index is 12.4. The molecule has 3 rings (SSSR count). The molecule has 27 heavy (non-hydrogen) atoms. The van der Waals surface area contributed by atoms with Crippen molar-refractivity contribution in [3.05, 3.63) is 48.5 Å². The average molecular weight is 377 g/mol. The number of carbonyl (C=O) groups is 2. The van der Waals surface area contributed by atoms with E-state index < -0.39 is 18.6 Å². The zero-order valence-electron chi connectivity index (χ0n) is 14.1. The third-order valence-electron chi connectivity index (χ3n) is 3.88. The molecule has 7 nitrogen and oxygen atoms in total. The highest BCUT2D eigenvalue weighted by Crippen LogP contribution is 2.32. The van der Waals surface area contributed by atoms with Crippen molar-refractivity contribution in [3.63, 3.8) is 0 Å². The monoisotopic (exact) mass is 377 g/mol. The SMILES string of the molecule is NC(=O)[C@H]1CN(CC(=O)Nc2ccc(OC(F)F)cc2)c2ccccc2O1. The van der Waals surface area contributed by atoms with Crippen LogP contribution >= 0.6 is 0 Å². The van der Waals surface area contributed by atoms with Crippen molar-refractivity contribution in [1.82, 2.24) is 0 Å². The van der Waals surface area contributed by atoms with Crippen LogP contribution < -0.4 is 25.4 Å². The first kappa shape index (κ1) is 18.4. The number of fused-ring (bicyclic) bond motifs is 1. The van der Waals surface area contributed by atoms with Crippen LogP contribution in [0.3, 0.4) is 0 Å². The molecule has 3 N–H and O–H groups in total. The fourth-order valence-corrected chi connectivity index (χ4v) is 2.70. The molecule has 0 aliphatic carbocycles. The smallest absolute Gasteiger partial charge is 0.387 e. The van der Waals surface area contributed by atoms with Crippen LogP contribution in [0.25, 0.3) is 0 Å². The van der Waals surface area contributed by atoms with E-state index in [1.165, 1.54) is 24.3 Å². The van der Waals surface area contributed by atoms with E-state index in [9.17, 15) is 18.4 Å². The van der Waals surface area contributed by atoms with E-state index in [-0.39, 0.29) is 24.7 Å². The molecular formula is C18H17F2N3O4. The highest BCUT2D eigenvalue weighted by atomic mass is 19.3. The molecule has 0 bridgehead atoms. The Bertz CT molecular complexity index is 830. The summed E-state index contributed by atoms with van der Waals surface area (Å²) in [5.41, 5.74) is 6.43. The molecule has 1 atom stereocenters. The molecule has 142 valence electrons. The normalized spacial score (nSPS) is 15.7. The summed E-state index contributed by atoms with van der Waals surface area (Å²) in [4.78, 5) is 25.6. The number of nitrogens with two attached hydrogens (primary N) is 1. The number of ether oxygens (including phenoxy) is 2. The lowest BCUT2D eigenvalue weighted by Gasteiger charge is -2.34. The van der Waals surface area contributed by atoms with Crippen LogP contribution in [0.5, 0.6) is 11.5 Å². The van der Waals surface area contributed by atoms with Gasteiger partial charge in [-0.15, -0.1) is 0 Å². The largest absolute Gasteiger partial charge is 0.477 e. The Kier molecular flexibility index (Phi) is 5.39. The highest BCUT2D eigenvalue weighted by molar-refractivity contribution is 5.94. The van der Waals surface area contributed by atoms with E-state index >= 15 is 0 Å². The number of nitrogens with one attached hydrogen (secondary N) is 1. The summed E-state index contributed by atoms with van der Waals surface area (Å²) in [5.74, 6) is -0.509. The maximum Gasteiger partial charge on any atom is 0.387 e. The topological polar surface area (TPSA) is 93.9 Å². The van der Waals surface area contributed by atoms with Gasteiger partial charge >= 0.3 is 6.61 Å². The maximum absolute atomic E-state index is 12.4. The Balaban J connectivity index is 1.67. The molecule has 2 aromatic carbocycles. The number of halogens is 2. The molecular weight excluding hydrogens is 360 g/mol. The summed E-state index contributed by atoms with van der Waals surface area (Å²) in [5, 5.41) is 2.66. The van der Waals surface area contributed by atoms with Gasteiger partial charge in [-0.2, -0.15) is 8.78 Å². The highest BCUT2D eigenvalue weighted by Gasteiger charge is 2.30. The molecule has 0 saturated carbocycles. The van der Waals surface area contributed by atoms with E-state index in [2.05, 4.69) is 10.1 Å². The Morgan fingerprint density at radius 1 is 1.22 bits per heavy atom. The van der Waals surface area contributed by atoms with Gasteiger partial charge in [-0.1, -0.05) is 12.1 Å². The number of hydrogen-bond acceptors (Lipinski definition) is 5. The standard InChI is InChI=1S/C18H17F2N3O4/c19-18(20)26-12-7-5-11(6-8-12)22-16(24)10-23-9-15(17(21)25)27-14-4-2-1-3-13(14)23/h1-8,15,18H,9-10H2,(H2,21,25)(H,22,24)/t15-/m1/s1. The number of amides is 2. The Morgan fingerprint density at radius 2 is 1.93 bits per heavy atom. The number of primary amides is 1. The summed E-state index contributed by atoms with van der Waals surface area (Å²) in [7, 11) is 0. The molecule has 0 spiro atoms. The van der Waals surface area contributed by atoms with Crippen LogP contribution in [-0.2, 0) is 9.59 Å². The van der Waals surface area contributed by atoms with Gasteiger partial charge in [0.05, 0.1) is 18.8 Å². The van der Waals surface area contributed by atoms with E-state index in [1.54, 1.807) is 29.2 Å². The number of hydrogen-bond donors (Lipinski definition) is 2. The minimum absolute atomic E-state index is 0.00518. The van der Waals surface area contributed by atoms with E-state index in [4.69, 9.17) is 10.5 Å². The second-order valence-electron chi connectivity index (χ2n) is 5.81. The molecule has 1 heterocycles. The van der Waals surface area contributed by atoms with Crippen LogP contribution in [-0.4, -0.2) is 37.6 Å². The third kappa shape index (κ3) is 4.63. The van der Waals surface area contributed by atoms with Crippen LogP contribution in [0.1, 0.15) is 0 Å². The molecule has 0 fully saturated rings. The lowest BCUT2D eigenvalue weighted by Crippen LogP contribution is -2.49. The van der Waals surface area contributed by atoms with Crippen molar-refractivity contribution in [2.75, 3.05) is 23.3 Å². The fraction of sp³-hybridized carbons (Fsp3) is 0.222.